The number of aromatic nitrogens is 1. The quantitative estimate of drug-likeness (QED) is 0.893. The molecule has 1 aliphatic heterocycles. The Kier molecular flexibility index (Phi) is 6.42. The predicted molar refractivity (Wildman–Crippen MR) is 97.1 cm³/mol. The summed E-state index contributed by atoms with van der Waals surface area (Å²) in [7, 11) is 0. The standard InChI is InChI=1S/C20H29N3O2/c24-19(7-6-16-4-2-1-3-5-16)22-18-10-14-23(15-11-18)20(25)17-8-12-21-13-9-17/h8-9,12-13,16,18H,1-7,10-11,14-15H2,(H,22,24). The Morgan fingerprint density at radius 2 is 1.72 bits per heavy atom. The van der Waals surface area contributed by atoms with Gasteiger partial charge in [0, 0.05) is 43.5 Å². The highest BCUT2D eigenvalue weighted by Gasteiger charge is 2.24. The maximum Gasteiger partial charge on any atom is 0.253 e. The van der Waals surface area contributed by atoms with E-state index >= 15 is 0 Å². The minimum absolute atomic E-state index is 0.0597. The smallest absolute Gasteiger partial charge is 0.253 e. The number of piperidine rings is 1. The van der Waals surface area contributed by atoms with Crippen LogP contribution < -0.4 is 5.32 Å². The maximum absolute atomic E-state index is 12.4. The molecule has 25 heavy (non-hydrogen) atoms. The number of hydrogen-bond acceptors (Lipinski definition) is 3. The lowest BCUT2D eigenvalue weighted by atomic mass is 9.86. The van der Waals surface area contributed by atoms with Crippen LogP contribution in [0.2, 0.25) is 0 Å². The van der Waals surface area contributed by atoms with Crippen molar-refractivity contribution in [2.24, 2.45) is 5.92 Å². The van der Waals surface area contributed by atoms with E-state index in [1.54, 1.807) is 24.5 Å². The van der Waals surface area contributed by atoms with Crippen molar-refractivity contribution in [1.82, 2.24) is 15.2 Å². The van der Waals surface area contributed by atoms with Crippen molar-refractivity contribution in [3.8, 4) is 0 Å². The number of likely N-dealkylation sites (tertiary alicyclic amines) is 1. The summed E-state index contributed by atoms with van der Waals surface area (Å²) < 4.78 is 0. The average Bonchev–Trinajstić information content (AvgIpc) is 2.68. The topological polar surface area (TPSA) is 62.3 Å². The number of amides is 2. The fourth-order valence-electron chi connectivity index (χ4n) is 4.01. The second-order valence-electron chi connectivity index (χ2n) is 7.41. The van der Waals surface area contributed by atoms with Crippen LogP contribution >= 0.6 is 0 Å². The molecule has 1 saturated carbocycles. The SMILES string of the molecule is O=C(CCC1CCCCC1)NC1CCN(C(=O)c2ccncc2)CC1. The molecule has 0 unspecified atom stereocenters. The molecule has 1 saturated heterocycles. The minimum atomic E-state index is 0.0597. The number of carbonyl (C=O) groups excluding carboxylic acids is 2. The third-order valence-corrected chi connectivity index (χ3v) is 5.58. The zero-order valence-corrected chi connectivity index (χ0v) is 15.0. The molecule has 0 aromatic carbocycles. The van der Waals surface area contributed by atoms with Crippen LogP contribution in [0.1, 0.15) is 68.1 Å². The van der Waals surface area contributed by atoms with E-state index in [1.807, 2.05) is 4.90 Å². The lowest BCUT2D eigenvalue weighted by molar-refractivity contribution is -0.122. The van der Waals surface area contributed by atoms with Crippen molar-refractivity contribution >= 4 is 11.8 Å². The molecule has 0 bridgehead atoms. The lowest BCUT2D eigenvalue weighted by Gasteiger charge is -2.32. The van der Waals surface area contributed by atoms with Gasteiger partial charge in [-0.1, -0.05) is 32.1 Å². The van der Waals surface area contributed by atoms with Gasteiger partial charge in [-0.2, -0.15) is 0 Å². The van der Waals surface area contributed by atoms with Gasteiger partial charge in [0.15, 0.2) is 0 Å². The molecule has 5 heteroatoms. The van der Waals surface area contributed by atoms with Crippen LogP contribution in [0, 0.1) is 5.92 Å². The first-order chi connectivity index (χ1) is 12.2. The van der Waals surface area contributed by atoms with Gasteiger partial charge in [0.25, 0.3) is 5.91 Å². The Labute approximate surface area is 150 Å². The van der Waals surface area contributed by atoms with Crippen molar-refractivity contribution in [3.05, 3.63) is 30.1 Å². The summed E-state index contributed by atoms with van der Waals surface area (Å²) in [5, 5.41) is 3.17. The molecule has 2 aliphatic rings. The van der Waals surface area contributed by atoms with Crippen molar-refractivity contribution in [2.75, 3.05) is 13.1 Å². The predicted octanol–water partition coefficient (Wildman–Crippen LogP) is 3.16. The molecule has 2 heterocycles. The van der Waals surface area contributed by atoms with Gasteiger partial charge in [0.05, 0.1) is 0 Å². The number of pyridine rings is 1. The molecule has 1 aliphatic carbocycles. The first-order valence-electron chi connectivity index (χ1n) is 9.71. The Bertz CT molecular complexity index is 562. The summed E-state index contributed by atoms with van der Waals surface area (Å²) in [4.78, 5) is 30.4. The molecule has 2 amide bonds. The van der Waals surface area contributed by atoms with Crippen LogP contribution in [0.15, 0.2) is 24.5 Å². The van der Waals surface area contributed by atoms with Gasteiger partial charge in [-0.15, -0.1) is 0 Å². The van der Waals surface area contributed by atoms with Gasteiger partial charge < -0.3 is 10.2 Å². The van der Waals surface area contributed by atoms with Crippen LogP contribution in [0.4, 0.5) is 0 Å². The van der Waals surface area contributed by atoms with Gasteiger partial charge in [0.2, 0.25) is 5.91 Å². The number of hydrogen-bond donors (Lipinski definition) is 1. The molecule has 3 rings (SSSR count). The molecular weight excluding hydrogens is 314 g/mol. The summed E-state index contributed by atoms with van der Waals surface area (Å²) in [6.07, 6.45) is 13.3. The van der Waals surface area contributed by atoms with E-state index in [1.165, 1.54) is 32.1 Å². The maximum atomic E-state index is 12.4. The van der Waals surface area contributed by atoms with Crippen LogP contribution in [0.5, 0.6) is 0 Å². The summed E-state index contributed by atoms with van der Waals surface area (Å²) in [5.74, 6) is 0.994. The van der Waals surface area contributed by atoms with Gasteiger partial charge in [-0.25, -0.2) is 0 Å². The molecule has 2 fully saturated rings. The van der Waals surface area contributed by atoms with Crippen LogP contribution in [-0.2, 0) is 4.79 Å². The van der Waals surface area contributed by atoms with E-state index in [2.05, 4.69) is 10.3 Å². The van der Waals surface area contributed by atoms with Gasteiger partial charge in [0.1, 0.15) is 0 Å². The molecule has 1 aromatic rings. The zero-order valence-electron chi connectivity index (χ0n) is 15.0. The monoisotopic (exact) mass is 343 g/mol. The Morgan fingerprint density at radius 3 is 2.40 bits per heavy atom. The molecule has 1 aromatic heterocycles. The van der Waals surface area contributed by atoms with Crippen LogP contribution in [0.25, 0.3) is 0 Å². The van der Waals surface area contributed by atoms with Gasteiger partial charge in [-0.05, 0) is 37.3 Å². The van der Waals surface area contributed by atoms with Crippen molar-refractivity contribution < 1.29 is 9.59 Å². The van der Waals surface area contributed by atoms with Crippen molar-refractivity contribution in [3.63, 3.8) is 0 Å². The number of rotatable bonds is 5. The van der Waals surface area contributed by atoms with Gasteiger partial charge in [-0.3, -0.25) is 14.6 Å². The van der Waals surface area contributed by atoms with Gasteiger partial charge >= 0.3 is 0 Å². The van der Waals surface area contributed by atoms with Crippen molar-refractivity contribution in [2.45, 2.75) is 63.8 Å². The summed E-state index contributed by atoms with van der Waals surface area (Å²) in [6, 6.07) is 3.71. The summed E-state index contributed by atoms with van der Waals surface area (Å²) in [6.45, 7) is 1.41. The Balaban J connectivity index is 1.37. The molecule has 0 atom stereocenters. The van der Waals surface area contributed by atoms with E-state index in [4.69, 9.17) is 0 Å². The summed E-state index contributed by atoms with van der Waals surface area (Å²) in [5.41, 5.74) is 0.685. The first kappa shape index (κ1) is 17.9. The number of carbonyl (C=O) groups is 2. The van der Waals surface area contributed by atoms with Crippen LogP contribution in [0.3, 0.4) is 0 Å². The molecule has 1 N–H and O–H groups in total. The number of nitrogens with one attached hydrogen (secondary N) is 1. The third-order valence-electron chi connectivity index (χ3n) is 5.58. The first-order valence-corrected chi connectivity index (χ1v) is 9.71. The van der Waals surface area contributed by atoms with Crippen LogP contribution in [-0.4, -0.2) is 40.8 Å². The Morgan fingerprint density at radius 1 is 1.04 bits per heavy atom. The second-order valence-corrected chi connectivity index (χ2v) is 7.41. The highest BCUT2D eigenvalue weighted by molar-refractivity contribution is 5.94. The lowest BCUT2D eigenvalue weighted by Crippen LogP contribution is -2.46. The summed E-state index contributed by atoms with van der Waals surface area (Å²) >= 11 is 0. The van der Waals surface area contributed by atoms with E-state index in [0.717, 1.165) is 25.2 Å². The minimum Gasteiger partial charge on any atom is -0.353 e. The van der Waals surface area contributed by atoms with Crippen molar-refractivity contribution in [1.29, 1.82) is 0 Å². The fraction of sp³-hybridized carbons (Fsp3) is 0.650. The highest BCUT2D eigenvalue weighted by Crippen LogP contribution is 2.27. The molecule has 136 valence electrons. The molecular formula is C20H29N3O2. The second kappa shape index (κ2) is 8.97. The number of nitrogens with zero attached hydrogens (tertiary/aromatic N) is 2. The highest BCUT2D eigenvalue weighted by atomic mass is 16.2. The van der Waals surface area contributed by atoms with E-state index in [-0.39, 0.29) is 17.9 Å². The van der Waals surface area contributed by atoms with E-state index < -0.39 is 0 Å². The molecule has 0 spiro atoms. The third kappa shape index (κ3) is 5.28. The molecule has 0 radical (unpaired) electrons. The molecule has 5 nitrogen and oxygen atoms in total. The van der Waals surface area contributed by atoms with E-state index in [9.17, 15) is 9.59 Å². The zero-order chi connectivity index (χ0) is 17.5. The largest absolute Gasteiger partial charge is 0.353 e. The normalized spacial score (nSPS) is 19.6. The average molecular weight is 343 g/mol. The fourth-order valence-corrected chi connectivity index (χ4v) is 4.01. The Hall–Kier alpha value is -1.91. The van der Waals surface area contributed by atoms with E-state index in [0.29, 0.717) is 25.1 Å².